The van der Waals surface area contributed by atoms with E-state index in [2.05, 4.69) is 14.9 Å². The average molecular weight is 246 g/mol. The molecule has 0 aliphatic carbocycles. The van der Waals surface area contributed by atoms with Crippen LogP contribution in [0.1, 0.15) is 22.8 Å². The van der Waals surface area contributed by atoms with Crippen LogP contribution in [-0.4, -0.2) is 23.2 Å². The number of carbonyl (C=O) groups is 1. The maximum Gasteiger partial charge on any atom is 0.315 e. The molecule has 2 aromatic rings. The molecule has 0 aliphatic rings. The topological polar surface area (TPSA) is 65.2 Å². The molecule has 0 radical (unpaired) electrons. The van der Waals surface area contributed by atoms with Crippen molar-refractivity contribution in [1.29, 1.82) is 0 Å². The third-order valence-corrected chi connectivity index (χ3v) is 2.64. The van der Waals surface area contributed by atoms with Crippen LogP contribution in [0.4, 0.5) is 0 Å². The van der Waals surface area contributed by atoms with E-state index in [-0.39, 0.29) is 18.3 Å². The van der Waals surface area contributed by atoms with Crippen molar-refractivity contribution in [3.8, 4) is 0 Å². The Hall–Kier alpha value is -2.17. The highest BCUT2D eigenvalue weighted by Crippen LogP contribution is 2.11. The number of aromatic nitrogens is 2. The first-order valence-electron chi connectivity index (χ1n) is 5.62. The Kier molecular flexibility index (Phi) is 3.72. The van der Waals surface area contributed by atoms with Crippen molar-refractivity contribution in [3.63, 3.8) is 0 Å². The number of hydrogen-bond donors (Lipinski definition) is 0. The fourth-order valence-corrected chi connectivity index (χ4v) is 1.61. The Bertz CT molecular complexity index is 549. The number of nitrogens with zero attached hydrogens (tertiary/aromatic N) is 2. The van der Waals surface area contributed by atoms with Crippen LogP contribution in [0.3, 0.4) is 0 Å². The van der Waals surface area contributed by atoms with E-state index in [1.807, 2.05) is 31.2 Å². The van der Waals surface area contributed by atoms with Crippen LogP contribution in [0.15, 0.2) is 28.8 Å². The molecule has 0 unspecified atom stereocenters. The maximum atomic E-state index is 11.1. The molecule has 0 fully saturated rings. The smallest absolute Gasteiger partial charge is 0.315 e. The predicted molar refractivity (Wildman–Crippen MR) is 64.0 cm³/mol. The third-order valence-electron chi connectivity index (χ3n) is 2.64. The van der Waals surface area contributed by atoms with Gasteiger partial charge in [-0.25, -0.2) is 0 Å². The normalized spacial score (nSPS) is 10.3. The second-order valence-corrected chi connectivity index (χ2v) is 3.96. The van der Waals surface area contributed by atoms with Crippen LogP contribution in [0, 0.1) is 6.92 Å². The number of carbonyl (C=O) groups excluding carboxylic acids is 1. The summed E-state index contributed by atoms with van der Waals surface area (Å²) in [6, 6.07) is 8.01. The number of benzene rings is 1. The van der Waals surface area contributed by atoms with Crippen molar-refractivity contribution in [2.75, 3.05) is 7.11 Å². The highest BCUT2D eigenvalue weighted by Gasteiger charge is 2.12. The molecule has 0 N–H and O–H groups in total. The molecule has 0 amide bonds. The van der Waals surface area contributed by atoms with E-state index in [1.165, 1.54) is 12.7 Å². The van der Waals surface area contributed by atoms with Gasteiger partial charge in [0.2, 0.25) is 5.89 Å². The Morgan fingerprint density at radius 3 is 2.89 bits per heavy atom. The number of rotatable bonds is 4. The molecule has 0 bridgehead atoms. The minimum atomic E-state index is -0.388. The van der Waals surface area contributed by atoms with Gasteiger partial charge in [0.1, 0.15) is 6.42 Å². The van der Waals surface area contributed by atoms with Crippen LogP contribution in [0.2, 0.25) is 0 Å². The molecule has 5 nitrogen and oxygen atoms in total. The molecular formula is C13H14N2O3. The molecule has 5 heteroatoms. The van der Waals surface area contributed by atoms with Crippen LogP contribution < -0.4 is 0 Å². The van der Waals surface area contributed by atoms with Crippen LogP contribution in [-0.2, 0) is 22.4 Å². The van der Waals surface area contributed by atoms with Crippen LogP contribution in [0.25, 0.3) is 0 Å². The SMILES string of the molecule is COC(=O)Cc1nc(Cc2ccccc2C)no1. The number of ether oxygens (including phenoxy) is 1. The van der Waals surface area contributed by atoms with Gasteiger partial charge in [0.15, 0.2) is 5.82 Å². The predicted octanol–water partition coefficient (Wildman–Crippen LogP) is 1.68. The molecule has 1 heterocycles. The van der Waals surface area contributed by atoms with Gasteiger partial charge in [0.25, 0.3) is 0 Å². The Morgan fingerprint density at radius 2 is 2.17 bits per heavy atom. The van der Waals surface area contributed by atoms with Crippen LogP contribution >= 0.6 is 0 Å². The van der Waals surface area contributed by atoms with Crippen molar-refractivity contribution in [2.45, 2.75) is 19.8 Å². The molecule has 0 saturated carbocycles. The van der Waals surface area contributed by atoms with E-state index in [4.69, 9.17) is 4.52 Å². The summed E-state index contributed by atoms with van der Waals surface area (Å²) in [6.45, 7) is 2.03. The third kappa shape index (κ3) is 2.94. The van der Waals surface area contributed by atoms with Gasteiger partial charge in [-0.2, -0.15) is 4.98 Å². The van der Waals surface area contributed by atoms with E-state index in [1.54, 1.807) is 0 Å². The summed E-state index contributed by atoms with van der Waals surface area (Å²) in [4.78, 5) is 15.2. The van der Waals surface area contributed by atoms with E-state index >= 15 is 0 Å². The van der Waals surface area contributed by atoms with Crippen molar-refractivity contribution >= 4 is 5.97 Å². The number of aryl methyl sites for hydroxylation is 1. The van der Waals surface area contributed by atoms with Gasteiger partial charge in [0.05, 0.1) is 7.11 Å². The fourth-order valence-electron chi connectivity index (χ4n) is 1.61. The molecule has 0 atom stereocenters. The second-order valence-electron chi connectivity index (χ2n) is 3.96. The summed E-state index contributed by atoms with van der Waals surface area (Å²) < 4.78 is 9.52. The van der Waals surface area contributed by atoms with E-state index in [9.17, 15) is 4.79 Å². The van der Waals surface area contributed by atoms with Gasteiger partial charge >= 0.3 is 5.97 Å². The first-order chi connectivity index (χ1) is 8.69. The summed E-state index contributed by atoms with van der Waals surface area (Å²) in [5, 5.41) is 3.85. The summed E-state index contributed by atoms with van der Waals surface area (Å²) in [7, 11) is 1.33. The largest absolute Gasteiger partial charge is 0.469 e. The van der Waals surface area contributed by atoms with E-state index in [0.29, 0.717) is 12.2 Å². The average Bonchev–Trinajstić information content (AvgIpc) is 2.79. The lowest BCUT2D eigenvalue weighted by Gasteiger charge is -2.00. The summed E-state index contributed by atoms with van der Waals surface area (Å²) in [6.07, 6.45) is 0.606. The fraction of sp³-hybridized carbons (Fsp3) is 0.308. The number of esters is 1. The molecule has 0 aliphatic heterocycles. The van der Waals surface area contributed by atoms with Gasteiger partial charge in [-0.15, -0.1) is 0 Å². The first-order valence-corrected chi connectivity index (χ1v) is 5.62. The molecule has 1 aromatic carbocycles. The van der Waals surface area contributed by atoms with Crippen molar-refractivity contribution in [3.05, 3.63) is 47.1 Å². The highest BCUT2D eigenvalue weighted by atomic mass is 16.5. The molecule has 0 saturated heterocycles. The first kappa shape index (κ1) is 12.3. The number of hydrogen-bond acceptors (Lipinski definition) is 5. The van der Waals surface area contributed by atoms with E-state index in [0.717, 1.165) is 5.56 Å². The van der Waals surface area contributed by atoms with Crippen LogP contribution in [0.5, 0.6) is 0 Å². The summed E-state index contributed by atoms with van der Waals surface area (Å²) in [5.74, 6) is 0.467. The summed E-state index contributed by atoms with van der Waals surface area (Å²) in [5.41, 5.74) is 2.32. The van der Waals surface area contributed by atoms with Crippen molar-refractivity contribution in [1.82, 2.24) is 10.1 Å². The molecular weight excluding hydrogens is 232 g/mol. The highest BCUT2D eigenvalue weighted by molar-refractivity contribution is 5.71. The standard InChI is InChI=1S/C13H14N2O3/c1-9-5-3-4-6-10(9)7-11-14-12(18-15-11)8-13(16)17-2/h3-6H,7-8H2,1-2H3. The monoisotopic (exact) mass is 246 g/mol. The lowest BCUT2D eigenvalue weighted by molar-refractivity contribution is -0.140. The van der Waals surface area contributed by atoms with Crippen molar-refractivity contribution < 1.29 is 14.1 Å². The molecule has 18 heavy (non-hydrogen) atoms. The number of methoxy groups -OCH3 is 1. The zero-order valence-electron chi connectivity index (χ0n) is 10.3. The minimum absolute atomic E-state index is 0.0112. The van der Waals surface area contributed by atoms with Gasteiger partial charge in [0, 0.05) is 6.42 Å². The molecule has 0 spiro atoms. The maximum absolute atomic E-state index is 11.1. The zero-order valence-corrected chi connectivity index (χ0v) is 10.3. The Morgan fingerprint density at radius 1 is 1.39 bits per heavy atom. The van der Waals surface area contributed by atoms with Crippen molar-refractivity contribution in [2.24, 2.45) is 0 Å². The van der Waals surface area contributed by atoms with Gasteiger partial charge in [-0.1, -0.05) is 29.4 Å². The Balaban J connectivity index is 2.07. The zero-order chi connectivity index (χ0) is 13.0. The minimum Gasteiger partial charge on any atom is -0.469 e. The van der Waals surface area contributed by atoms with E-state index < -0.39 is 0 Å². The second kappa shape index (κ2) is 5.44. The molecule has 1 aromatic heterocycles. The van der Waals surface area contributed by atoms with Gasteiger partial charge in [-0.3, -0.25) is 4.79 Å². The van der Waals surface area contributed by atoms with Gasteiger partial charge in [-0.05, 0) is 18.1 Å². The quantitative estimate of drug-likeness (QED) is 0.768. The van der Waals surface area contributed by atoms with Gasteiger partial charge < -0.3 is 9.26 Å². The lowest BCUT2D eigenvalue weighted by Crippen LogP contribution is -2.04. The molecule has 94 valence electrons. The molecule has 2 rings (SSSR count). The lowest BCUT2D eigenvalue weighted by atomic mass is 10.1. The summed E-state index contributed by atoms with van der Waals surface area (Å²) >= 11 is 0. The Labute approximate surface area is 105 Å².